The van der Waals surface area contributed by atoms with Crippen molar-refractivity contribution in [2.75, 3.05) is 6.79 Å². The Hall–Kier alpha value is -4.20. The van der Waals surface area contributed by atoms with Gasteiger partial charge in [-0.3, -0.25) is 0 Å². The molecule has 0 unspecified atom stereocenters. The Morgan fingerprint density at radius 3 is 2.71 bits per heavy atom. The average Bonchev–Trinajstić information content (AvgIpc) is 3.36. The van der Waals surface area contributed by atoms with Gasteiger partial charge in [0.1, 0.15) is 29.7 Å². The number of aromatic nitrogens is 2. The van der Waals surface area contributed by atoms with Crippen LogP contribution in [0.1, 0.15) is 16.2 Å². The fourth-order valence-electron chi connectivity index (χ4n) is 3.36. The smallest absolute Gasteiger partial charge is 0.335 e. The van der Waals surface area contributed by atoms with E-state index in [1.165, 1.54) is 12.1 Å². The maximum absolute atomic E-state index is 11.1. The van der Waals surface area contributed by atoms with Gasteiger partial charge in [0.05, 0.1) is 16.6 Å². The van der Waals surface area contributed by atoms with Crippen LogP contribution in [0.25, 0.3) is 11.0 Å². The molecule has 0 saturated heterocycles. The van der Waals surface area contributed by atoms with Gasteiger partial charge in [-0.15, -0.1) is 0 Å². The van der Waals surface area contributed by atoms with Crippen molar-refractivity contribution in [1.29, 1.82) is 0 Å². The van der Waals surface area contributed by atoms with Crippen LogP contribution in [0, 0.1) is 0 Å². The summed E-state index contributed by atoms with van der Waals surface area (Å²) in [5.41, 5.74) is 1.86. The van der Waals surface area contributed by atoms with E-state index in [1.807, 2.05) is 41.9 Å². The predicted molar refractivity (Wildman–Crippen MR) is 111 cm³/mol. The van der Waals surface area contributed by atoms with Crippen LogP contribution < -0.4 is 18.9 Å². The van der Waals surface area contributed by atoms with Crippen LogP contribution in [-0.4, -0.2) is 27.4 Å². The molecule has 5 rings (SSSR count). The van der Waals surface area contributed by atoms with Gasteiger partial charge < -0.3 is 28.6 Å². The summed E-state index contributed by atoms with van der Waals surface area (Å²) in [5, 5.41) is 9.11. The molecular formula is C23H18N2O6. The van der Waals surface area contributed by atoms with Crippen LogP contribution >= 0.6 is 0 Å². The topological polar surface area (TPSA) is 92.0 Å². The van der Waals surface area contributed by atoms with Crippen LogP contribution in [0.4, 0.5) is 0 Å². The Morgan fingerprint density at radius 2 is 1.84 bits per heavy atom. The normalized spacial score (nSPS) is 12.2. The third kappa shape index (κ3) is 3.71. The molecule has 3 aromatic carbocycles. The summed E-state index contributed by atoms with van der Waals surface area (Å²) in [4.78, 5) is 15.7. The highest BCUT2D eigenvalue weighted by Crippen LogP contribution is 2.37. The summed E-state index contributed by atoms with van der Waals surface area (Å²) in [6.45, 7) is 0.415. The first kappa shape index (κ1) is 18.8. The molecule has 0 spiro atoms. The van der Waals surface area contributed by atoms with E-state index in [0.29, 0.717) is 34.6 Å². The molecule has 0 aliphatic carbocycles. The number of rotatable bonds is 6. The summed E-state index contributed by atoms with van der Waals surface area (Å²) in [5.74, 6) is 2.85. The number of aromatic carboxylic acids is 1. The van der Waals surface area contributed by atoms with Gasteiger partial charge in [0.25, 0.3) is 0 Å². The van der Waals surface area contributed by atoms with Gasteiger partial charge in [0, 0.05) is 19.2 Å². The molecule has 31 heavy (non-hydrogen) atoms. The lowest BCUT2D eigenvalue weighted by atomic mass is 10.2. The molecule has 1 aliphatic rings. The number of imidazole rings is 1. The summed E-state index contributed by atoms with van der Waals surface area (Å²) in [6.07, 6.45) is 0. The molecule has 0 amide bonds. The van der Waals surface area contributed by atoms with E-state index >= 15 is 0 Å². The third-order valence-corrected chi connectivity index (χ3v) is 4.97. The standard InChI is InChI=1S/C23H18N2O6/c1-25-19-10-16(31-17-6-8-20-21(11-17)30-13-29-20)5-7-18(19)24-22(25)12-28-15-4-2-3-14(9-15)23(26)27/h2-11H,12-13H2,1H3,(H,26,27). The van der Waals surface area contributed by atoms with E-state index in [-0.39, 0.29) is 19.0 Å². The number of carbonyl (C=O) groups is 1. The maximum atomic E-state index is 11.1. The number of hydrogen-bond donors (Lipinski definition) is 1. The maximum Gasteiger partial charge on any atom is 0.335 e. The zero-order chi connectivity index (χ0) is 21.4. The number of carboxylic acid groups (broad SMARTS) is 1. The van der Waals surface area contributed by atoms with E-state index in [1.54, 1.807) is 18.2 Å². The number of benzene rings is 3. The largest absolute Gasteiger partial charge is 0.486 e. The summed E-state index contributed by atoms with van der Waals surface area (Å²) >= 11 is 0. The lowest BCUT2D eigenvalue weighted by molar-refractivity contribution is 0.0696. The third-order valence-electron chi connectivity index (χ3n) is 4.97. The molecule has 2 heterocycles. The highest BCUT2D eigenvalue weighted by molar-refractivity contribution is 5.88. The van der Waals surface area contributed by atoms with Crippen molar-refractivity contribution in [3.63, 3.8) is 0 Å². The number of fused-ring (bicyclic) bond motifs is 2. The zero-order valence-electron chi connectivity index (χ0n) is 16.6. The Balaban J connectivity index is 1.35. The summed E-state index contributed by atoms with van der Waals surface area (Å²) in [7, 11) is 1.89. The monoisotopic (exact) mass is 418 g/mol. The molecule has 0 fully saturated rings. The van der Waals surface area contributed by atoms with E-state index in [2.05, 4.69) is 4.98 Å². The van der Waals surface area contributed by atoms with E-state index in [0.717, 1.165) is 11.0 Å². The second-order valence-electron chi connectivity index (χ2n) is 6.98. The number of aryl methyl sites for hydroxylation is 1. The summed E-state index contributed by atoms with van der Waals surface area (Å²) < 4.78 is 24.4. The van der Waals surface area contributed by atoms with Crippen molar-refractivity contribution in [2.45, 2.75) is 6.61 Å². The van der Waals surface area contributed by atoms with Gasteiger partial charge in [-0.1, -0.05) is 6.07 Å². The number of hydrogen-bond acceptors (Lipinski definition) is 6. The Morgan fingerprint density at radius 1 is 1.03 bits per heavy atom. The molecule has 0 bridgehead atoms. The first-order valence-electron chi connectivity index (χ1n) is 9.56. The minimum atomic E-state index is -0.997. The number of nitrogens with zero attached hydrogens (tertiary/aromatic N) is 2. The van der Waals surface area contributed by atoms with Crippen molar-refractivity contribution in [3.05, 3.63) is 72.1 Å². The van der Waals surface area contributed by atoms with Crippen molar-refractivity contribution in [3.8, 4) is 28.7 Å². The molecule has 0 radical (unpaired) electrons. The Labute approximate surface area is 177 Å². The van der Waals surface area contributed by atoms with Crippen LogP contribution in [0.5, 0.6) is 28.7 Å². The quantitative estimate of drug-likeness (QED) is 0.497. The predicted octanol–water partition coefficient (Wildman–Crippen LogP) is 4.37. The van der Waals surface area contributed by atoms with Crippen LogP contribution in [0.2, 0.25) is 0 Å². The molecule has 156 valence electrons. The van der Waals surface area contributed by atoms with Gasteiger partial charge >= 0.3 is 5.97 Å². The highest BCUT2D eigenvalue weighted by Gasteiger charge is 2.15. The van der Waals surface area contributed by atoms with E-state index in [4.69, 9.17) is 24.1 Å². The number of ether oxygens (including phenoxy) is 4. The van der Waals surface area contributed by atoms with E-state index in [9.17, 15) is 4.79 Å². The van der Waals surface area contributed by atoms with E-state index < -0.39 is 5.97 Å². The molecule has 1 aromatic heterocycles. The lowest BCUT2D eigenvalue weighted by Gasteiger charge is -2.08. The fourth-order valence-corrected chi connectivity index (χ4v) is 3.36. The first-order valence-corrected chi connectivity index (χ1v) is 9.56. The van der Waals surface area contributed by atoms with Gasteiger partial charge in [-0.25, -0.2) is 9.78 Å². The molecule has 4 aromatic rings. The SMILES string of the molecule is Cn1c(COc2cccc(C(=O)O)c2)nc2ccc(Oc3ccc4c(c3)OCO4)cc21. The van der Waals surface area contributed by atoms with Gasteiger partial charge in [0.2, 0.25) is 6.79 Å². The summed E-state index contributed by atoms with van der Waals surface area (Å²) in [6, 6.07) is 17.4. The number of carboxylic acids is 1. The first-order chi connectivity index (χ1) is 15.1. The van der Waals surface area contributed by atoms with Gasteiger partial charge in [-0.05, 0) is 42.5 Å². The minimum Gasteiger partial charge on any atom is -0.486 e. The Bertz CT molecular complexity index is 1300. The van der Waals surface area contributed by atoms with Crippen molar-refractivity contribution in [2.24, 2.45) is 7.05 Å². The van der Waals surface area contributed by atoms with Crippen molar-refractivity contribution in [1.82, 2.24) is 9.55 Å². The van der Waals surface area contributed by atoms with Crippen molar-refractivity contribution < 1.29 is 28.8 Å². The lowest BCUT2D eigenvalue weighted by Crippen LogP contribution is -2.04. The van der Waals surface area contributed by atoms with Crippen LogP contribution in [0.3, 0.4) is 0 Å². The molecule has 0 saturated carbocycles. The second-order valence-corrected chi connectivity index (χ2v) is 6.98. The molecule has 1 aliphatic heterocycles. The minimum absolute atomic E-state index is 0.174. The second kappa shape index (κ2) is 7.56. The molecule has 8 heteroatoms. The zero-order valence-corrected chi connectivity index (χ0v) is 16.6. The molecule has 0 atom stereocenters. The van der Waals surface area contributed by atoms with Crippen LogP contribution in [-0.2, 0) is 13.7 Å². The molecule has 1 N–H and O–H groups in total. The van der Waals surface area contributed by atoms with Gasteiger partial charge in [0.15, 0.2) is 11.5 Å². The average molecular weight is 418 g/mol. The molecular weight excluding hydrogens is 400 g/mol. The molecule has 8 nitrogen and oxygen atoms in total. The van der Waals surface area contributed by atoms with Crippen molar-refractivity contribution >= 4 is 17.0 Å². The van der Waals surface area contributed by atoms with Crippen LogP contribution in [0.15, 0.2) is 60.7 Å². The fraction of sp³-hybridized carbons (Fsp3) is 0.130. The highest BCUT2D eigenvalue weighted by atomic mass is 16.7. The Kier molecular flexibility index (Phi) is 4.59. The van der Waals surface area contributed by atoms with Gasteiger partial charge in [-0.2, -0.15) is 0 Å².